The van der Waals surface area contributed by atoms with Crippen LogP contribution in [0.15, 0.2) is 0 Å². The molecule has 0 aromatic carbocycles. The second kappa shape index (κ2) is 6.06. The lowest BCUT2D eigenvalue weighted by Gasteiger charge is -2.27. The minimum Gasteiger partial charge on any atom is -0.378 e. The summed E-state index contributed by atoms with van der Waals surface area (Å²) in [6.07, 6.45) is 5.65. The quantitative estimate of drug-likeness (QED) is 0.656. The van der Waals surface area contributed by atoms with Gasteiger partial charge in [0.1, 0.15) is 0 Å². The van der Waals surface area contributed by atoms with Crippen molar-refractivity contribution >= 4 is 19.7 Å². The largest absolute Gasteiger partial charge is 0.378 e. The summed E-state index contributed by atoms with van der Waals surface area (Å²) < 4.78 is 27.5. The van der Waals surface area contributed by atoms with E-state index in [2.05, 4.69) is 0 Å². The van der Waals surface area contributed by atoms with E-state index < -0.39 is 9.05 Å². The summed E-state index contributed by atoms with van der Waals surface area (Å²) in [6.45, 7) is 2.57. The molecule has 0 amide bonds. The van der Waals surface area contributed by atoms with Crippen LogP contribution in [0.25, 0.3) is 0 Å². The number of hydrogen-bond donors (Lipinski definition) is 0. The summed E-state index contributed by atoms with van der Waals surface area (Å²) in [5.74, 6) is 0.0906. The smallest absolute Gasteiger partial charge is 0.232 e. The molecule has 3 nitrogen and oxygen atoms in total. The highest BCUT2D eigenvalue weighted by Gasteiger charge is 2.22. The highest BCUT2D eigenvalue weighted by molar-refractivity contribution is 8.13. The third kappa shape index (κ3) is 5.73. The molecule has 0 aromatic heterocycles. The van der Waals surface area contributed by atoms with Crippen LogP contribution in [0.3, 0.4) is 0 Å². The van der Waals surface area contributed by atoms with E-state index >= 15 is 0 Å². The molecule has 0 bridgehead atoms. The molecule has 1 aliphatic rings. The van der Waals surface area contributed by atoms with Crippen molar-refractivity contribution in [1.29, 1.82) is 0 Å². The van der Waals surface area contributed by atoms with E-state index in [1.54, 1.807) is 0 Å². The van der Waals surface area contributed by atoms with E-state index in [1.807, 2.05) is 6.92 Å². The number of hydrogen-bond acceptors (Lipinski definition) is 3. The van der Waals surface area contributed by atoms with Crippen molar-refractivity contribution in [2.45, 2.75) is 45.1 Å². The average molecular weight is 255 g/mol. The molecule has 0 saturated heterocycles. The Labute approximate surface area is 96.6 Å². The van der Waals surface area contributed by atoms with Crippen LogP contribution in [0.1, 0.15) is 39.0 Å². The van der Waals surface area contributed by atoms with Crippen molar-refractivity contribution < 1.29 is 13.2 Å². The van der Waals surface area contributed by atoms with Gasteiger partial charge in [-0.2, -0.15) is 0 Å². The minimum absolute atomic E-state index is 0.0368. The maximum absolute atomic E-state index is 11.0. The van der Waals surface area contributed by atoms with Crippen molar-refractivity contribution in [3.8, 4) is 0 Å². The molecule has 0 aromatic rings. The first-order valence-corrected chi connectivity index (χ1v) is 8.03. The fraction of sp³-hybridized carbons (Fsp3) is 1.00. The summed E-state index contributed by atoms with van der Waals surface area (Å²) in [4.78, 5) is 0. The first-order valence-electron chi connectivity index (χ1n) is 5.55. The fourth-order valence-electron chi connectivity index (χ4n) is 1.71. The van der Waals surface area contributed by atoms with E-state index in [0.717, 1.165) is 25.7 Å². The molecule has 0 heterocycles. The van der Waals surface area contributed by atoms with Crippen molar-refractivity contribution in [2.24, 2.45) is 5.92 Å². The standard InChI is InChI=1S/C10H19ClO3S/c1-2-4-9(8-15(11,12)13)7-14-10-5-3-6-10/h9-10H,2-8H2,1H3. The Balaban J connectivity index is 2.28. The third-order valence-corrected chi connectivity index (χ3v) is 4.00. The lowest BCUT2D eigenvalue weighted by Crippen LogP contribution is -2.26. The third-order valence-electron chi connectivity index (χ3n) is 2.75. The van der Waals surface area contributed by atoms with Gasteiger partial charge in [0, 0.05) is 10.7 Å². The Morgan fingerprint density at radius 1 is 1.47 bits per heavy atom. The SMILES string of the molecule is CCCC(COC1CCC1)CS(=O)(=O)Cl. The predicted molar refractivity (Wildman–Crippen MR) is 61.6 cm³/mol. The maximum atomic E-state index is 11.0. The molecule has 0 spiro atoms. The van der Waals surface area contributed by atoms with Crippen LogP contribution in [0.5, 0.6) is 0 Å². The minimum atomic E-state index is -3.39. The first kappa shape index (κ1) is 13.3. The van der Waals surface area contributed by atoms with E-state index in [9.17, 15) is 8.42 Å². The Morgan fingerprint density at radius 2 is 2.13 bits per heavy atom. The summed E-state index contributed by atoms with van der Waals surface area (Å²) in [5.41, 5.74) is 0. The predicted octanol–water partition coefficient (Wildman–Crippen LogP) is 2.54. The van der Waals surface area contributed by atoms with Crippen LogP contribution in [0.2, 0.25) is 0 Å². The van der Waals surface area contributed by atoms with Crippen LogP contribution >= 0.6 is 10.7 Å². The highest BCUT2D eigenvalue weighted by Crippen LogP contribution is 2.23. The Hall–Kier alpha value is 0.200. The Bertz CT molecular complexity index is 272. The Morgan fingerprint density at radius 3 is 2.53 bits per heavy atom. The second-order valence-corrected chi connectivity index (χ2v) is 7.07. The van der Waals surface area contributed by atoms with E-state index in [4.69, 9.17) is 15.4 Å². The van der Waals surface area contributed by atoms with Gasteiger partial charge < -0.3 is 4.74 Å². The van der Waals surface area contributed by atoms with E-state index in [0.29, 0.717) is 12.7 Å². The van der Waals surface area contributed by atoms with Gasteiger partial charge in [-0.25, -0.2) is 8.42 Å². The zero-order chi connectivity index (χ0) is 11.3. The van der Waals surface area contributed by atoms with E-state index in [1.165, 1.54) is 6.42 Å². The van der Waals surface area contributed by atoms with Gasteiger partial charge in [0.15, 0.2) is 0 Å². The lowest BCUT2D eigenvalue weighted by atomic mass is 9.96. The van der Waals surface area contributed by atoms with Gasteiger partial charge in [-0.1, -0.05) is 13.3 Å². The number of rotatable bonds is 7. The summed E-state index contributed by atoms with van der Waals surface area (Å²) in [5, 5.41) is 0. The molecule has 1 aliphatic carbocycles. The molecule has 1 saturated carbocycles. The van der Waals surface area contributed by atoms with Gasteiger partial charge >= 0.3 is 0 Å². The molecule has 5 heteroatoms. The zero-order valence-corrected chi connectivity index (χ0v) is 10.7. The van der Waals surface area contributed by atoms with Crippen molar-refractivity contribution in [1.82, 2.24) is 0 Å². The topological polar surface area (TPSA) is 43.4 Å². The maximum Gasteiger partial charge on any atom is 0.232 e. The molecule has 1 fully saturated rings. The first-order chi connectivity index (χ1) is 7.01. The van der Waals surface area contributed by atoms with Crippen LogP contribution in [-0.2, 0) is 13.8 Å². The average Bonchev–Trinajstić information content (AvgIpc) is 1.98. The van der Waals surface area contributed by atoms with Crippen LogP contribution < -0.4 is 0 Å². The highest BCUT2D eigenvalue weighted by atomic mass is 35.7. The fourth-order valence-corrected chi connectivity index (χ4v) is 3.07. The molecule has 1 rings (SSSR count). The molecule has 1 atom stereocenters. The molecule has 90 valence electrons. The van der Waals surface area contributed by atoms with Gasteiger partial charge in [0.05, 0.1) is 18.5 Å². The zero-order valence-electron chi connectivity index (χ0n) is 9.12. The van der Waals surface area contributed by atoms with Gasteiger partial charge in [-0.05, 0) is 31.6 Å². The van der Waals surface area contributed by atoms with Crippen molar-refractivity contribution in [2.75, 3.05) is 12.4 Å². The van der Waals surface area contributed by atoms with Crippen LogP contribution in [-0.4, -0.2) is 26.9 Å². The Kier molecular flexibility index (Phi) is 5.36. The monoisotopic (exact) mass is 254 g/mol. The lowest BCUT2D eigenvalue weighted by molar-refractivity contribution is -0.0138. The molecule has 15 heavy (non-hydrogen) atoms. The summed E-state index contributed by atoms with van der Waals surface area (Å²) in [7, 11) is 1.85. The second-order valence-electron chi connectivity index (χ2n) is 4.25. The molecule has 1 unspecified atom stereocenters. The molecular weight excluding hydrogens is 236 g/mol. The number of ether oxygens (including phenoxy) is 1. The molecule has 0 radical (unpaired) electrons. The van der Waals surface area contributed by atoms with Gasteiger partial charge in [0.25, 0.3) is 0 Å². The normalized spacial score (nSPS) is 19.9. The molecule has 0 N–H and O–H groups in total. The van der Waals surface area contributed by atoms with Crippen LogP contribution in [0, 0.1) is 5.92 Å². The summed E-state index contributed by atoms with van der Waals surface area (Å²) >= 11 is 0. The van der Waals surface area contributed by atoms with Crippen molar-refractivity contribution in [3.63, 3.8) is 0 Å². The van der Waals surface area contributed by atoms with Crippen molar-refractivity contribution in [3.05, 3.63) is 0 Å². The van der Waals surface area contributed by atoms with Gasteiger partial charge in [-0.3, -0.25) is 0 Å². The number of halogens is 1. The van der Waals surface area contributed by atoms with Gasteiger partial charge in [0.2, 0.25) is 9.05 Å². The molecular formula is C10H19ClO3S. The van der Waals surface area contributed by atoms with Gasteiger partial charge in [-0.15, -0.1) is 0 Å². The molecule has 0 aliphatic heterocycles. The van der Waals surface area contributed by atoms with Crippen LogP contribution in [0.4, 0.5) is 0 Å². The van der Waals surface area contributed by atoms with E-state index in [-0.39, 0.29) is 11.7 Å². The summed E-state index contributed by atoms with van der Waals surface area (Å²) in [6, 6.07) is 0.